The van der Waals surface area contributed by atoms with Crippen LogP contribution in [0, 0.1) is 0 Å². The summed E-state index contributed by atoms with van der Waals surface area (Å²) in [6, 6.07) is 15.0. The summed E-state index contributed by atoms with van der Waals surface area (Å²) in [4.78, 5) is 20.3. The molecule has 0 atom stereocenters. The van der Waals surface area contributed by atoms with E-state index in [0.717, 1.165) is 17.7 Å². The van der Waals surface area contributed by atoms with Gasteiger partial charge >= 0.3 is 0 Å². The minimum atomic E-state index is -0.103. The highest BCUT2D eigenvalue weighted by atomic mass is 32.2. The van der Waals surface area contributed by atoms with Crippen molar-refractivity contribution in [2.45, 2.75) is 59.5 Å². The van der Waals surface area contributed by atoms with E-state index >= 15 is 0 Å². The molecule has 0 unspecified atom stereocenters. The van der Waals surface area contributed by atoms with Gasteiger partial charge in [-0.1, -0.05) is 31.2 Å². The van der Waals surface area contributed by atoms with Gasteiger partial charge in [-0.3, -0.25) is 4.79 Å². The Bertz CT molecular complexity index is 1140. The van der Waals surface area contributed by atoms with Gasteiger partial charge in [0, 0.05) is 17.3 Å². The van der Waals surface area contributed by atoms with Crippen LogP contribution in [0.25, 0.3) is 11.6 Å². The summed E-state index contributed by atoms with van der Waals surface area (Å²) >= 11 is 1.39. The quantitative estimate of drug-likeness (QED) is 0.543. The zero-order chi connectivity index (χ0) is 23.0. The predicted octanol–water partition coefficient (Wildman–Crippen LogP) is 6.55. The number of carbonyl (C=O) groups is 1. The molecule has 2 aliphatic rings. The Kier molecular flexibility index (Phi) is 6.04. The van der Waals surface area contributed by atoms with E-state index < -0.39 is 0 Å². The minimum absolute atomic E-state index is 0.0346. The second kappa shape index (κ2) is 8.62. The van der Waals surface area contributed by atoms with Gasteiger partial charge in [0.1, 0.15) is 0 Å². The van der Waals surface area contributed by atoms with Crippen LogP contribution in [0.4, 0.5) is 11.4 Å². The number of carbonyl (C=O) groups excluding carboxylic acids is 1. The molecule has 1 N–H and O–H groups in total. The summed E-state index contributed by atoms with van der Waals surface area (Å²) in [6.07, 6.45) is 5.28. The van der Waals surface area contributed by atoms with Gasteiger partial charge in [-0.2, -0.15) is 0 Å². The van der Waals surface area contributed by atoms with E-state index in [-0.39, 0.29) is 11.4 Å². The smallest absolute Gasteiger partial charge is 0.264 e. The van der Waals surface area contributed by atoms with E-state index in [1.807, 2.05) is 18.2 Å². The third-order valence-corrected chi connectivity index (χ3v) is 6.85. The molecule has 2 heterocycles. The first kappa shape index (κ1) is 22.4. The maximum atomic E-state index is 12.6. The minimum Gasteiger partial charge on any atom is -0.360 e. The van der Waals surface area contributed by atoms with Crippen LogP contribution in [0.1, 0.15) is 58.2 Å². The van der Waals surface area contributed by atoms with Gasteiger partial charge in [0.2, 0.25) is 0 Å². The fourth-order valence-electron chi connectivity index (χ4n) is 4.66. The summed E-state index contributed by atoms with van der Waals surface area (Å²) in [5.74, 6) is -0.103. The summed E-state index contributed by atoms with van der Waals surface area (Å²) in [7, 11) is 0. The molecule has 2 aromatic rings. The average Bonchev–Trinajstić information content (AvgIpc) is 3.06. The van der Waals surface area contributed by atoms with Crippen molar-refractivity contribution in [2.24, 2.45) is 4.99 Å². The SMILES string of the molecule is CCc1ccc(N=C2NC(=O)/C(=C/c3ccc4c(c3)C(C)=CC(C)(C)N4C(C)C)S2)cc1. The molecule has 0 radical (unpaired) electrons. The molecule has 0 aliphatic carbocycles. The van der Waals surface area contributed by atoms with Crippen LogP contribution in [-0.2, 0) is 11.2 Å². The molecule has 0 saturated carbocycles. The number of amidine groups is 1. The molecule has 4 rings (SSSR count). The van der Waals surface area contributed by atoms with Gasteiger partial charge in [0.05, 0.1) is 16.1 Å². The van der Waals surface area contributed by atoms with E-state index in [0.29, 0.717) is 16.1 Å². The van der Waals surface area contributed by atoms with Crippen LogP contribution < -0.4 is 10.2 Å². The van der Waals surface area contributed by atoms with Crippen molar-refractivity contribution in [3.63, 3.8) is 0 Å². The first-order valence-corrected chi connectivity index (χ1v) is 12.0. The Morgan fingerprint density at radius 3 is 2.53 bits per heavy atom. The lowest BCUT2D eigenvalue weighted by atomic mass is 9.87. The molecular weight excluding hydrogens is 414 g/mol. The van der Waals surface area contributed by atoms with E-state index in [1.54, 1.807) is 0 Å². The van der Waals surface area contributed by atoms with Gasteiger partial charge in [0.15, 0.2) is 5.17 Å². The van der Waals surface area contributed by atoms with Gasteiger partial charge in [-0.05, 0) is 99.8 Å². The van der Waals surface area contributed by atoms with Crippen molar-refractivity contribution in [3.8, 4) is 0 Å². The summed E-state index contributed by atoms with van der Waals surface area (Å²) in [5.41, 5.74) is 6.84. The zero-order valence-corrected chi connectivity index (χ0v) is 20.5. The molecule has 0 bridgehead atoms. The lowest BCUT2D eigenvalue weighted by Crippen LogP contribution is -2.49. The maximum Gasteiger partial charge on any atom is 0.264 e. The second-order valence-electron chi connectivity index (χ2n) is 9.22. The molecule has 1 amide bonds. The summed E-state index contributed by atoms with van der Waals surface area (Å²) in [5, 5.41) is 3.51. The lowest BCUT2D eigenvalue weighted by Gasteiger charge is -2.46. The molecule has 0 spiro atoms. The number of hydrogen-bond donors (Lipinski definition) is 1. The number of allylic oxidation sites excluding steroid dienone is 1. The summed E-state index contributed by atoms with van der Waals surface area (Å²) < 4.78 is 0. The highest BCUT2D eigenvalue weighted by molar-refractivity contribution is 8.18. The van der Waals surface area contributed by atoms with Gasteiger partial charge in [0.25, 0.3) is 5.91 Å². The Morgan fingerprint density at radius 1 is 1.16 bits per heavy atom. The van der Waals surface area contributed by atoms with Crippen molar-refractivity contribution in [1.82, 2.24) is 5.32 Å². The number of thioether (sulfide) groups is 1. The van der Waals surface area contributed by atoms with Gasteiger partial charge in [-0.25, -0.2) is 4.99 Å². The van der Waals surface area contributed by atoms with Crippen molar-refractivity contribution in [1.29, 1.82) is 0 Å². The highest BCUT2D eigenvalue weighted by Crippen LogP contribution is 2.41. The van der Waals surface area contributed by atoms with Crippen molar-refractivity contribution in [2.75, 3.05) is 4.90 Å². The second-order valence-corrected chi connectivity index (χ2v) is 10.3. The van der Waals surface area contributed by atoms with E-state index in [1.165, 1.54) is 34.1 Å². The molecule has 0 aromatic heterocycles. The molecular formula is C27H31N3OS. The van der Waals surface area contributed by atoms with Gasteiger partial charge < -0.3 is 10.2 Å². The average molecular weight is 446 g/mol. The standard InChI is InChI=1S/C27H31N3OS/c1-7-19-8-11-21(12-9-19)28-26-29-25(31)24(32-26)15-20-10-13-23-22(14-20)18(4)16-27(5,6)30(23)17(2)3/h8-17H,7H2,1-6H3,(H,28,29,31)/b24-15-. The lowest BCUT2D eigenvalue weighted by molar-refractivity contribution is -0.115. The molecule has 32 heavy (non-hydrogen) atoms. The number of amides is 1. The largest absolute Gasteiger partial charge is 0.360 e. The first-order valence-electron chi connectivity index (χ1n) is 11.2. The molecule has 5 heteroatoms. The van der Waals surface area contributed by atoms with Crippen LogP contribution in [0.15, 0.2) is 58.4 Å². The van der Waals surface area contributed by atoms with Gasteiger partial charge in [-0.15, -0.1) is 0 Å². The molecule has 4 nitrogen and oxygen atoms in total. The molecule has 1 saturated heterocycles. The Labute approximate surface area is 195 Å². The highest BCUT2D eigenvalue weighted by Gasteiger charge is 2.33. The number of fused-ring (bicyclic) bond motifs is 1. The number of nitrogens with zero attached hydrogens (tertiary/aromatic N) is 2. The third-order valence-electron chi connectivity index (χ3n) is 5.94. The van der Waals surface area contributed by atoms with E-state index in [9.17, 15) is 4.79 Å². The van der Waals surface area contributed by atoms with Crippen LogP contribution in [0.5, 0.6) is 0 Å². The van der Waals surface area contributed by atoms with Crippen molar-refractivity contribution >= 4 is 45.9 Å². The Morgan fingerprint density at radius 2 is 1.88 bits per heavy atom. The number of rotatable bonds is 4. The Balaban J connectivity index is 1.61. The Hall–Kier alpha value is -2.79. The van der Waals surface area contributed by atoms with Crippen LogP contribution in [0.2, 0.25) is 0 Å². The zero-order valence-electron chi connectivity index (χ0n) is 19.7. The molecule has 166 valence electrons. The summed E-state index contributed by atoms with van der Waals surface area (Å²) in [6.45, 7) is 13.3. The van der Waals surface area contributed by atoms with E-state index in [2.05, 4.69) is 93.2 Å². The number of hydrogen-bond acceptors (Lipinski definition) is 4. The topological polar surface area (TPSA) is 44.7 Å². The number of nitrogens with one attached hydrogen (secondary N) is 1. The fourth-order valence-corrected chi connectivity index (χ4v) is 5.50. The maximum absolute atomic E-state index is 12.6. The number of aliphatic imine (C=N–C) groups is 1. The predicted molar refractivity (Wildman–Crippen MR) is 138 cm³/mol. The van der Waals surface area contributed by atoms with Crippen LogP contribution in [0.3, 0.4) is 0 Å². The molecule has 2 aliphatic heterocycles. The van der Waals surface area contributed by atoms with E-state index in [4.69, 9.17) is 0 Å². The monoisotopic (exact) mass is 445 g/mol. The number of benzene rings is 2. The first-order chi connectivity index (χ1) is 15.2. The normalized spacial score (nSPS) is 20.0. The molecule has 1 fully saturated rings. The third kappa shape index (κ3) is 4.40. The number of anilines is 1. The fraction of sp³-hybridized carbons (Fsp3) is 0.333. The van der Waals surface area contributed by atoms with Crippen LogP contribution >= 0.6 is 11.8 Å². The number of aryl methyl sites for hydroxylation is 1. The van der Waals surface area contributed by atoms with Crippen molar-refractivity contribution < 1.29 is 4.79 Å². The van der Waals surface area contributed by atoms with Crippen LogP contribution in [-0.4, -0.2) is 22.7 Å². The molecule has 2 aromatic carbocycles. The van der Waals surface area contributed by atoms with Crippen molar-refractivity contribution in [3.05, 3.63) is 70.1 Å².